The predicted octanol–water partition coefficient (Wildman–Crippen LogP) is 2.85. The van der Waals surface area contributed by atoms with Crippen molar-refractivity contribution < 1.29 is 4.79 Å². The van der Waals surface area contributed by atoms with Gasteiger partial charge in [0, 0.05) is 37.8 Å². The van der Waals surface area contributed by atoms with E-state index in [0.717, 1.165) is 25.3 Å². The van der Waals surface area contributed by atoms with Crippen molar-refractivity contribution in [3.8, 4) is 11.4 Å². The molecule has 0 unspecified atom stereocenters. The third-order valence-corrected chi connectivity index (χ3v) is 6.06. The van der Waals surface area contributed by atoms with Gasteiger partial charge in [-0.05, 0) is 36.7 Å². The summed E-state index contributed by atoms with van der Waals surface area (Å²) in [6.45, 7) is 2.61. The zero-order valence-electron chi connectivity index (χ0n) is 15.8. The second kappa shape index (κ2) is 6.87. The molecule has 3 aromatic rings. The van der Waals surface area contributed by atoms with Gasteiger partial charge in [0.05, 0.1) is 5.69 Å². The number of aromatic amines is 1. The number of nitrogens with zero attached hydrogens (tertiary/aromatic N) is 4. The zero-order valence-corrected chi connectivity index (χ0v) is 15.8. The van der Waals surface area contributed by atoms with Gasteiger partial charge < -0.3 is 4.90 Å². The molecule has 2 aromatic heterocycles. The molecule has 1 amide bonds. The Kier molecular flexibility index (Phi) is 4.20. The van der Waals surface area contributed by atoms with Gasteiger partial charge in [-0.1, -0.05) is 36.4 Å². The fourth-order valence-electron chi connectivity index (χ4n) is 4.82. The number of amides is 1. The maximum atomic E-state index is 13.1. The van der Waals surface area contributed by atoms with Gasteiger partial charge in [0.2, 0.25) is 0 Å². The van der Waals surface area contributed by atoms with E-state index in [1.54, 1.807) is 12.3 Å². The Morgan fingerprint density at radius 2 is 1.86 bits per heavy atom. The second-order valence-electron chi connectivity index (χ2n) is 7.81. The first-order valence-electron chi connectivity index (χ1n) is 9.72. The van der Waals surface area contributed by atoms with Gasteiger partial charge in [0.15, 0.2) is 0 Å². The molecule has 0 bridgehead atoms. The van der Waals surface area contributed by atoms with Crippen molar-refractivity contribution in [1.82, 2.24) is 25.0 Å². The summed E-state index contributed by atoms with van der Waals surface area (Å²) in [6.07, 6.45) is 1.73. The third-order valence-electron chi connectivity index (χ3n) is 6.06. The number of H-pyrrole nitrogens is 1. The van der Waals surface area contributed by atoms with Crippen LogP contribution in [0.4, 0.5) is 0 Å². The van der Waals surface area contributed by atoms with Gasteiger partial charge in [-0.25, -0.2) is 0 Å². The van der Waals surface area contributed by atoms with E-state index < -0.39 is 0 Å². The summed E-state index contributed by atoms with van der Waals surface area (Å²) < 4.78 is 0. The number of nitrogens with one attached hydrogen (secondary N) is 1. The Balaban J connectivity index is 1.34. The Bertz CT molecular complexity index is 971. The number of likely N-dealkylation sites (tertiary alicyclic amines) is 2. The molecule has 3 atom stereocenters. The van der Waals surface area contributed by atoms with Crippen LogP contribution >= 0.6 is 0 Å². The van der Waals surface area contributed by atoms with Crippen molar-refractivity contribution in [2.45, 2.75) is 6.04 Å². The lowest BCUT2D eigenvalue weighted by molar-refractivity contribution is 0.0762. The minimum absolute atomic E-state index is 0.0264. The molecule has 5 rings (SSSR count). The molecule has 142 valence electrons. The van der Waals surface area contributed by atoms with Gasteiger partial charge in [-0.3, -0.25) is 19.8 Å². The predicted molar refractivity (Wildman–Crippen MR) is 107 cm³/mol. The molecule has 0 radical (unpaired) electrons. The summed E-state index contributed by atoms with van der Waals surface area (Å²) in [6, 6.07) is 18.5. The molecule has 28 heavy (non-hydrogen) atoms. The summed E-state index contributed by atoms with van der Waals surface area (Å²) in [5.74, 6) is 1.01. The molecule has 0 saturated carbocycles. The highest BCUT2D eigenvalue weighted by Gasteiger charge is 2.47. The van der Waals surface area contributed by atoms with Crippen LogP contribution in [0.5, 0.6) is 0 Å². The quantitative estimate of drug-likeness (QED) is 0.767. The highest BCUT2D eigenvalue weighted by atomic mass is 16.2. The van der Waals surface area contributed by atoms with Crippen LogP contribution in [-0.4, -0.2) is 57.6 Å². The molecule has 2 saturated heterocycles. The van der Waals surface area contributed by atoms with Gasteiger partial charge in [-0.2, -0.15) is 5.10 Å². The Morgan fingerprint density at radius 1 is 1.04 bits per heavy atom. The molecule has 4 heterocycles. The average molecular weight is 373 g/mol. The highest BCUT2D eigenvalue weighted by molar-refractivity contribution is 5.93. The van der Waals surface area contributed by atoms with Crippen LogP contribution in [-0.2, 0) is 0 Å². The summed E-state index contributed by atoms with van der Waals surface area (Å²) in [5.41, 5.74) is 3.34. The van der Waals surface area contributed by atoms with Crippen LogP contribution in [0.2, 0.25) is 0 Å². The summed E-state index contributed by atoms with van der Waals surface area (Å²) in [7, 11) is 2.19. The van der Waals surface area contributed by atoms with E-state index in [9.17, 15) is 4.79 Å². The first-order chi connectivity index (χ1) is 13.7. The molecule has 0 spiro atoms. The molecule has 6 heteroatoms. The molecule has 0 aliphatic carbocycles. The van der Waals surface area contributed by atoms with Crippen molar-refractivity contribution >= 4 is 5.91 Å². The maximum absolute atomic E-state index is 13.1. The smallest absolute Gasteiger partial charge is 0.271 e. The molecule has 6 nitrogen and oxygen atoms in total. The van der Waals surface area contributed by atoms with Crippen LogP contribution in [0.1, 0.15) is 22.1 Å². The van der Waals surface area contributed by atoms with E-state index in [-0.39, 0.29) is 5.91 Å². The summed E-state index contributed by atoms with van der Waals surface area (Å²) in [5, 5.41) is 7.19. The number of rotatable bonds is 3. The lowest BCUT2D eigenvalue weighted by atomic mass is 9.90. The fraction of sp³-hybridized carbons (Fsp3) is 0.318. The Hall–Kier alpha value is -2.99. The normalized spacial score (nSPS) is 24.5. The minimum atomic E-state index is 0.0264. The maximum Gasteiger partial charge on any atom is 0.271 e. The van der Waals surface area contributed by atoms with E-state index in [2.05, 4.69) is 57.5 Å². The largest absolute Gasteiger partial charge is 0.337 e. The molecule has 2 fully saturated rings. The van der Waals surface area contributed by atoms with Crippen LogP contribution in [0.25, 0.3) is 11.4 Å². The number of hydrogen-bond donors (Lipinski definition) is 1. The molecular formula is C22H23N5O. The Labute approximate surface area is 164 Å². The van der Waals surface area contributed by atoms with E-state index in [1.807, 2.05) is 23.1 Å². The number of carbonyl (C=O) groups excluding carboxylic acids is 1. The molecule has 2 aliphatic rings. The van der Waals surface area contributed by atoms with Crippen molar-refractivity contribution in [3.63, 3.8) is 0 Å². The van der Waals surface area contributed by atoms with E-state index in [0.29, 0.717) is 29.3 Å². The SMILES string of the molecule is CN1C[C@H]2CN(C(=O)c3cc(-c4ccccn4)n[nH]3)C[C@H]2[C@@H]1c1ccccc1. The van der Waals surface area contributed by atoms with E-state index in [1.165, 1.54) is 5.56 Å². The van der Waals surface area contributed by atoms with Crippen molar-refractivity contribution in [3.05, 3.63) is 72.1 Å². The first kappa shape index (κ1) is 17.1. The molecular weight excluding hydrogens is 350 g/mol. The standard InChI is InChI=1S/C22H23N5O/c1-26-12-16-13-27(14-17(16)21(26)15-7-3-2-4-8-15)22(28)20-11-19(24-25-20)18-9-5-6-10-23-18/h2-11,16-17,21H,12-14H2,1H3,(H,24,25)/t16-,17+,21-/m0/s1. The summed E-state index contributed by atoms with van der Waals surface area (Å²) in [4.78, 5) is 21.8. The zero-order chi connectivity index (χ0) is 19.1. The molecule has 1 N–H and O–H groups in total. The van der Waals surface area contributed by atoms with Crippen molar-refractivity contribution in [2.24, 2.45) is 11.8 Å². The Morgan fingerprint density at radius 3 is 2.64 bits per heavy atom. The lowest BCUT2D eigenvalue weighted by Crippen LogP contribution is -2.33. The number of benzene rings is 1. The third kappa shape index (κ3) is 2.90. The highest BCUT2D eigenvalue weighted by Crippen LogP contribution is 2.44. The lowest BCUT2D eigenvalue weighted by Gasteiger charge is -2.26. The van der Waals surface area contributed by atoms with Crippen LogP contribution in [0, 0.1) is 11.8 Å². The number of hydrogen-bond acceptors (Lipinski definition) is 4. The van der Waals surface area contributed by atoms with Crippen molar-refractivity contribution in [2.75, 3.05) is 26.7 Å². The fourth-order valence-corrected chi connectivity index (χ4v) is 4.82. The average Bonchev–Trinajstić information content (AvgIpc) is 3.43. The van der Waals surface area contributed by atoms with E-state index >= 15 is 0 Å². The van der Waals surface area contributed by atoms with Gasteiger partial charge >= 0.3 is 0 Å². The van der Waals surface area contributed by atoms with Crippen LogP contribution in [0.15, 0.2) is 60.8 Å². The van der Waals surface area contributed by atoms with Crippen molar-refractivity contribution in [1.29, 1.82) is 0 Å². The summed E-state index contributed by atoms with van der Waals surface area (Å²) >= 11 is 0. The molecule has 2 aliphatic heterocycles. The first-order valence-corrected chi connectivity index (χ1v) is 9.72. The second-order valence-corrected chi connectivity index (χ2v) is 7.81. The van der Waals surface area contributed by atoms with Gasteiger partial charge in [0.1, 0.15) is 11.4 Å². The number of carbonyl (C=O) groups is 1. The van der Waals surface area contributed by atoms with Gasteiger partial charge in [-0.15, -0.1) is 0 Å². The number of pyridine rings is 1. The van der Waals surface area contributed by atoms with Crippen LogP contribution < -0.4 is 0 Å². The van der Waals surface area contributed by atoms with E-state index in [4.69, 9.17) is 0 Å². The van der Waals surface area contributed by atoms with Crippen LogP contribution in [0.3, 0.4) is 0 Å². The topological polar surface area (TPSA) is 65.1 Å². The molecule has 1 aromatic carbocycles. The number of fused-ring (bicyclic) bond motifs is 1. The minimum Gasteiger partial charge on any atom is -0.337 e. The van der Waals surface area contributed by atoms with Gasteiger partial charge in [0.25, 0.3) is 5.91 Å². The monoisotopic (exact) mass is 373 g/mol. The number of aromatic nitrogens is 3.